The fourth-order valence-corrected chi connectivity index (χ4v) is 8.77. The van der Waals surface area contributed by atoms with Crippen LogP contribution >= 0.6 is 15.9 Å². The normalized spacial score (nSPS) is 48.7. The quantitative estimate of drug-likeness (QED) is 0.330. The molecule has 0 bridgehead atoms. The Bertz CT molecular complexity index is 903. The van der Waals surface area contributed by atoms with E-state index in [1.807, 2.05) is 0 Å². The van der Waals surface area contributed by atoms with Crippen LogP contribution in [0.1, 0.15) is 64.7 Å². The second-order valence-electron chi connectivity index (χ2n) is 11.2. The Kier molecular flexibility index (Phi) is 5.61. The monoisotopic (exact) mass is 524 g/mol. The van der Waals surface area contributed by atoms with Crippen molar-refractivity contribution < 1.29 is 34.1 Å². The highest BCUT2D eigenvalue weighted by Crippen LogP contribution is 2.70. The van der Waals surface area contributed by atoms with Gasteiger partial charge in [-0.1, -0.05) is 22.9 Å². The van der Waals surface area contributed by atoms with E-state index >= 15 is 0 Å². The highest BCUT2D eigenvalue weighted by atomic mass is 79.9. The van der Waals surface area contributed by atoms with Crippen LogP contribution in [-0.4, -0.2) is 57.7 Å². The minimum absolute atomic E-state index is 0.0855. The number of hydrogen-bond acceptors (Lipinski definition) is 7. The van der Waals surface area contributed by atoms with Crippen molar-refractivity contribution in [3.8, 4) is 0 Å². The first-order valence-electron chi connectivity index (χ1n) is 12.2. The molecule has 0 unspecified atom stereocenters. The van der Waals surface area contributed by atoms with E-state index in [4.69, 9.17) is 9.47 Å². The van der Waals surface area contributed by atoms with Crippen molar-refractivity contribution in [1.82, 2.24) is 0 Å². The minimum atomic E-state index is -1.23. The van der Waals surface area contributed by atoms with Gasteiger partial charge in [-0.3, -0.25) is 4.79 Å². The van der Waals surface area contributed by atoms with Gasteiger partial charge in [0, 0.05) is 17.9 Å². The number of ether oxygens (including phenoxy) is 2. The molecule has 8 atom stereocenters. The van der Waals surface area contributed by atoms with Crippen molar-refractivity contribution in [3.63, 3.8) is 0 Å². The molecule has 0 radical (unpaired) electrons. The van der Waals surface area contributed by atoms with Crippen LogP contribution in [0, 0.1) is 28.6 Å². The number of cyclic esters (lactones) is 1. The fraction of sp³-hybridized carbons (Fsp3) is 0.800. The number of aldehydes is 1. The summed E-state index contributed by atoms with van der Waals surface area (Å²) in [5, 5.41) is 24.1. The first kappa shape index (κ1) is 23.5. The molecule has 8 heteroatoms. The van der Waals surface area contributed by atoms with Gasteiger partial charge in [0.15, 0.2) is 0 Å². The van der Waals surface area contributed by atoms with E-state index in [0.717, 1.165) is 31.1 Å². The van der Waals surface area contributed by atoms with Crippen LogP contribution in [0.5, 0.6) is 0 Å². The highest BCUT2D eigenvalue weighted by Gasteiger charge is 2.71. The van der Waals surface area contributed by atoms with Gasteiger partial charge in [0.25, 0.3) is 0 Å². The lowest BCUT2D eigenvalue weighted by Gasteiger charge is -2.65. The molecule has 2 N–H and O–H groups in total. The molecule has 4 saturated carbocycles. The van der Waals surface area contributed by atoms with Crippen molar-refractivity contribution in [2.45, 2.75) is 82.0 Å². The van der Waals surface area contributed by atoms with Crippen LogP contribution < -0.4 is 0 Å². The molecule has 182 valence electrons. The number of fused-ring (bicyclic) bond motifs is 5. The smallest absolute Gasteiger partial charge is 0.331 e. The summed E-state index contributed by atoms with van der Waals surface area (Å²) in [7, 11) is 0. The molecule has 4 aliphatic carbocycles. The third-order valence-electron chi connectivity index (χ3n) is 10.2. The van der Waals surface area contributed by atoms with Gasteiger partial charge in [0.05, 0.1) is 16.6 Å². The zero-order chi connectivity index (χ0) is 23.6. The summed E-state index contributed by atoms with van der Waals surface area (Å²) in [6.45, 7) is 2.44. The van der Waals surface area contributed by atoms with E-state index in [1.165, 1.54) is 0 Å². The summed E-state index contributed by atoms with van der Waals surface area (Å²) in [5.74, 6) is -0.792. The maximum absolute atomic E-state index is 12.7. The lowest BCUT2D eigenvalue weighted by Crippen LogP contribution is -2.69. The van der Waals surface area contributed by atoms with Crippen LogP contribution in [0.3, 0.4) is 0 Å². The van der Waals surface area contributed by atoms with Crippen LogP contribution in [0.25, 0.3) is 0 Å². The highest BCUT2D eigenvalue weighted by molar-refractivity contribution is 9.09. The minimum Gasteiger partial charge on any atom is -0.462 e. The summed E-state index contributed by atoms with van der Waals surface area (Å²) >= 11 is 3.11. The lowest BCUT2D eigenvalue weighted by molar-refractivity contribution is -0.249. The van der Waals surface area contributed by atoms with Gasteiger partial charge in [-0.15, -0.1) is 0 Å². The van der Waals surface area contributed by atoms with Gasteiger partial charge in [-0.2, -0.15) is 0 Å². The Morgan fingerprint density at radius 3 is 2.61 bits per heavy atom. The molecule has 1 aliphatic heterocycles. The number of alkyl halides is 1. The van der Waals surface area contributed by atoms with Crippen LogP contribution in [0.15, 0.2) is 11.6 Å². The molecule has 5 rings (SSSR count). The van der Waals surface area contributed by atoms with Gasteiger partial charge >= 0.3 is 11.9 Å². The molecule has 0 aromatic heterocycles. The Balaban J connectivity index is 1.44. The summed E-state index contributed by atoms with van der Waals surface area (Å²) in [6, 6.07) is 0. The molecule has 0 aromatic rings. The first-order chi connectivity index (χ1) is 15.6. The molecular formula is C25H33BrO7. The Morgan fingerprint density at radius 2 is 1.94 bits per heavy atom. The zero-order valence-corrected chi connectivity index (χ0v) is 20.6. The Labute approximate surface area is 202 Å². The predicted octanol–water partition coefficient (Wildman–Crippen LogP) is 2.84. The topological polar surface area (TPSA) is 110 Å². The van der Waals surface area contributed by atoms with Crippen LogP contribution in [0.2, 0.25) is 0 Å². The molecule has 4 fully saturated rings. The summed E-state index contributed by atoms with van der Waals surface area (Å²) in [4.78, 5) is 36.2. The number of aliphatic hydroxyl groups is 2. The molecule has 7 nitrogen and oxygen atoms in total. The SMILES string of the molecule is C[C@]12CC[C@@H]3[C@H](CC[C@]4(O)C[C@H](OC(=O)CBr)CC[C@]34C=O)[C@]1(O)CC[C@H]2C1=CC(=O)OC1. The van der Waals surface area contributed by atoms with E-state index in [1.54, 1.807) is 6.08 Å². The summed E-state index contributed by atoms with van der Waals surface area (Å²) < 4.78 is 10.7. The van der Waals surface area contributed by atoms with Crippen LogP contribution in [-0.2, 0) is 23.9 Å². The first-order valence-corrected chi connectivity index (χ1v) is 13.3. The van der Waals surface area contributed by atoms with E-state index < -0.39 is 28.1 Å². The van der Waals surface area contributed by atoms with Gasteiger partial charge in [0.1, 0.15) is 24.3 Å². The number of hydrogen-bond donors (Lipinski definition) is 2. The van der Waals surface area contributed by atoms with Gasteiger partial charge < -0.3 is 24.5 Å². The average Bonchev–Trinajstić information content (AvgIpc) is 3.33. The number of halogens is 1. The maximum atomic E-state index is 12.7. The van der Waals surface area contributed by atoms with E-state index in [9.17, 15) is 24.6 Å². The van der Waals surface area contributed by atoms with Gasteiger partial charge in [0.2, 0.25) is 0 Å². The Hall–Kier alpha value is -1.25. The van der Waals surface area contributed by atoms with Crippen LogP contribution in [0.4, 0.5) is 0 Å². The Morgan fingerprint density at radius 1 is 1.18 bits per heavy atom. The second-order valence-corrected chi connectivity index (χ2v) is 11.8. The van der Waals surface area contributed by atoms with Crippen molar-refractivity contribution in [3.05, 3.63) is 11.6 Å². The molecule has 33 heavy (non-hydrogen) atoms. The van der Waals surface area contributed by atoms with Gasteiger partial charge in [-0.05, 0) is 74.7 Å². The van der Waals surface area contributed by atoms with Gasteiger partial charge in [-0.25, -0.2) is 4.79 Å². The van der Waals surface area contributed by atoms with Crippen molar-refractivity contribution in [1.29, 1.82) is 0 Å². The molecule has 0 spiro atoms. The van der Waals surface area contributed by atoms with Crippen molar-refractivity contribution in [2.75, 3.05) is 11.9 Å². The van der Waals surface area contributed by atoms with Crippen molar-refractivity contribution >= 4 is 34.2 Å². The molecule has 5 aliphatic rings. The summed E-state index contributed by atoms with van der Waals surface area (Å²) in [5.41, 5.74) is -2.54. The number of esters is 2. The van der Waals surface area contributed by atoms with E-state index in [0.29, 0.717) is 38.7 Å². The number of rotatable bonds is 4. The fourth-order valence-electron chi connectivity index (χ4n) is 8.64. The zero-order valence-electron chi connectivity index (χ0n) is 19.1. The largest absolute Gasteiger partial charge is 0.462 e. The lowest BCUT2D eigenvalue weighted by atomic mass is 9.41. The third kappa shape index (κ3) is 3.16. The molecule has 1 heterocycles. The van der Waals surface area contributed by atoms with E-state index in [-0.39, 0.29) is 41.4 Å². The molecule has 0 aromatic carbocycles. The molecular weight excluding hydrogens is 492 g/mol. The van der Waals surface area contributed by atoms with E-state index in [2.05, 4.69) is 22.9 Å². The molecule has 0 amide bonds. The second kappa shape index (κ2) is 7.89. The summed E-state index contributed by atoms with van der Waals surface area (Å²) in [6.07, 6.45) is 7.33. The third-order valence-corrected chi connectivity index (χ3v) is 10.7. The number of carbonyl (C=O) groups excluding carboxylic acids is 3. The maximum Gasteiger partial charge on any atom is 0.331 e. The standard InChI is InChI=1S/C25H33BrO7/c1-22-6-3-18-19(25(22,31)9-5-17(22)15-10-20(28)32-13-15)4-8-24(30)11-16(33-21(29)12-26)2-7-23(18,24)14-27/h10,14,16-19,30-31H,2-9,11-13H2,1H3/t16-,17+,18-,19+,22-,23+,24+,25-/m1/s1. The van der Waals surface area contributed by atoms with Crippen molar-refractivity contribution in [2.24, 2.45) is 28.6 Å². The predicted molar refractivity (Wildman–Crippen MR) is 121 cm³/mol. The number of carbonyl (C=O) groups is 3. The average molecular weight is 525 g/mol. The molecule has 0 saturated heterocycles.